The first-order chi connectivity index (χ1) is 8.31. The largest absolute Gasteiger partial charge is 0.463 e. The van der Waals surface area contributed by atoms with Gasteiger partial charge in [0, 0.05) is 0 Å². The van der Waals surface area contributed by atoms with Gasteiger partial charge in [0.1, 0.15) is 0 Å². The second kappa shape index (κ2) is 5.99. The van der Waals surface area contributed by atoms with Gasteiger partial charge in [-0.3, -0.25) is 5.43 Å². The second-order valence-corrected chi connectivity index (χ2v) is 4.76. The van der Waals surface area contributed by atoms with Crippen molar-refractivity contribution in [3.63, 3.8) is 0 Å². The predicted molar refractivity (Wildman–Crippen MR) is 63.9 cm³/mol. The molecule has 7 nitrogen and oxygen atoms in total. The van der Waals surface area contributed by atoms with Crippen molar-refractivity contribution < 1.29 is 9.47 Å². The molecule has 0 spiro atoms. The summed E-state index contributed by atoms with van der Waals surface area (Å²) in [6, 6.07) is 0.303. The van der Waals surface area contributed by atoms with E-state index in [0.29, 0.717) is 29.0 Å². The van der Waals surface area contributed by atoms with Gasteiger partial charge in [-0.05, 0) is 6.42 Å². The molecule has 1 aliphatic rings. The summed E-state index contributed by atoms with van der Waals surface area (Å²) < 4.78 is 10.5. The average molecular weight is 257 g/mol. The number of anilines is 1. The first-order valence-corrected chi connectivity index (χ1v) is 6.29. The lowest BCUT2D eigenvalue weighted by Gasteiger charge is -2.24. The highest BCUT2D eigenvalue weighted by molar-refractivity contribution is 7.99. The van der Waals surface area contributed by atoms with Gasteiger partial charge in [0.05, 0.1) is 25.1 Å². The van der Waals surface area contributed by atoms with Gasteiger partial charge in [0.2, 0.25) is 5.95 Å². The molecule has 17 heavy (non-hydrogen) atoms. The third kappa shape index (κ3) is 3.42. The molecule has 0 radical (unpaired) electrons. The van der Waals surface area contributed by atoms with Crippen molar-refractivity contribution in [2.75, 3.05) is 25.2 Å². The van der Waals surface area contributed by atoms with E-state index in [1.54, 1.807) is 11.8 Å². The van der Waals surface area contributed by atoms with Crippen molar-refractivity contribution in [3.05, 3.63) is 0 Å². The summed E-state index contributed by atoms with van der Waals surface area (Å²) in [5.74, 6) is 5.62. The molecule has 0 aliphatic carbocycles. The molecule has 2 heterocycles. The Labute approximate surface area is 103 Å². The van der Waals surface area contributed by atoms with Crippen LogP contribution in [0, 0.1) is 0 Å². The summed E-state index contributed by atoms with van der Waals surface area (Å²) in [7, 11) is 0. The van der Waals surface area contributed by atoms with Crippen LogP contribution in [0.3, 0.4) is 0 Å². The number of aromatic nitrogens is 3. The van der Waals surface area contributed by atoms with Crippen molar-refractivity contribution in [1.82, 2.24) is 15.0 Å². The molecule has 1 fully saturated rings. The van der Waals surface area contributed by atoms with E-state index in [1.807, 2.05) is 6.92 Å². The maximum absolute atomic E-state index is 5.37. The second-order valence-electron chi connectivity index (χ2n) is 3.49. The fourth-order valence-electron chi connectivity index (χ4n) is 1.14. The van der Waals surface area contributed by atoms with Crippen LogP contribution < -0.4 is 16.0 Å². The molecule has 1 saturated heterocycles. The van der Waals surface area contributed by atoms with E-state index in [9.17, 15) is 0 Å². The number of rotatable bonds is 6. The number of nitrogens with one attached hydrogen (secondary N) is 1. The molecule has 1 aromatic heterocycles. The molecule has 2 rings (SSSR count). The fourth-order valence-corrected chi connectivity index (χ4v) is 2.04. The minimum atomic E-state index is 0.303. The lowest BCUT2D eigenvalue weighted by Crippen LogP contribution is -2.30. The summed E-state index contributed by atoms with van der Waals surface area (Å²) in [5, 5.41) is 1.01. The van der Waals surface area contributed by atoms with Crippen molar-refractivity contribution in [3.8, 4) is 6.01 Å². The van der Waals surface area contributed by atoms with E-state index < -0.39 is 0 Å². The highest BCUT2D eigenvalue weighted by atomic mass is 32.2. The maximum Gasteiger partial charge on any atom is 0.322 e. The van der Waals surface area contributed by atoms with Crippen molar-refractivity contribution in [2.45, 2.75) is 23.8 Å². The van der Waals surface area contributed by atoms with E-state index >= 15 is 0 Å². The Morgan fingerprint density at radius 2 is 2.29 bits per heavy atom. The van der Waals surface area contributed by atoms with Gasteiger partial charge >= 0.3 is 6.01 Å². The van der Waals surface area contributed by atoms with Crippen LogP contribution in [0.15, 0.2) is 5.16 Å². The molecular weight excluding hydrogens is 242 g/mol. The van der Waals surface area contributed by atoms with E-state index in [-0.39, 0.29) is 0 Å². The predicted octanol–water partition coefficient (Wildman–Crippen LogP) is 0.437. The molecule has 0 amide bonds. The van der Waals surface area contributed by atoms with Crippen LogP contribution in [-0.4, -0.2) is 40.0 Å². The van der Waals surface area contributed by atoms with Crippen LogP contribution in [0.25, 0.3) is 0 Å². The summed E-state index contributed by atoms with van der Waals surface area (Å²) in [5.41, 5.74) is 2.41. The standard InChI is InChI=1S/C9H15N5O2S/c1-2-3-16-8-11-7(14-10)12-9(13-8)17-6-4-15-5-6/h6H,2-5,10H2,1H3,(H,11,12,13,14). The van der Waals surface area contributed by atoms with E-state index in [4.69, 9.17) is 15.3 Å². The van der Waals surface area contributed by atoms with E-state index in [1.165, 1.54) is 0 Å². The Morgan fingerprint density at radius 3 is 2.88 bits per heavy atom. The number of nitrogen functional groups attached to an aromatic ring is 1. The zero-order valence-electron chi connectivity index (χ0n) is 9.55. The Balaban J connectivity index is 2.06. The van der Waals surface area contributed by atoms with Crippen LogP contribution in [0.5, 0.6) is 6.01 Å². The number of hydrazine groups is 1. The van der Waals surface area contributed by atoms with Crippen LogP contribution in [0.4, 0.5) is 5.95 Å². The highest BCUT2D eigenvalue weighted by Crippen LogP contribution is 2.26. The van der Waals surface area contributed by atoms with Crippen LogP contribution in [0.1, 0.15) is 13.3 Å². The number of nitrogens with two attached hydrogens (primary N) is 1. The molecular formula is C9H15N5O2S. The van der Waals surface area contributed by atoms with Gasteiger partial charge in [-0.1, -0.05) is 18.7 Å². The molecule has 0 unspecified atom stereocenters. The SMILES string of the molecule is CCCOc1nc(NN)nc(SC2COC2)n1. The third-order valence-electron chi connectivity index (χ3n) is 2.04. The molecule has 0 saturated carbocycles. The normalized spacial score (nSPS) is 15.4. The van der Waals surface area contributed by atoms with Gasteiger partial charge in [-0.25, -0.2) is 5.84 Å². The summed E-state index contributed by atoms with van der Waals surface area (Å²) in [4.78, 5) is 12.4. The Hall–Kier alpha value is -1.12. The third-order valence-corrected chi connectivity index (χ3v) is 3.04. The van der Waals surface area contributed by atoms with Gasteiger partial charge in [0.15, 0.2) is 5.16 Å². The first-order valence-electron chi connectivity index (χ1n) is 5.41. The van der Waals surface area contributed by atoms with Crippen molar-refractivity contribution in [2.24, 2.45) is 5.84 Å². The molecule has 0 atom stereocenters. The Morgan fingerprint density at radius 1 is 1.47 bits per heavy atom. The highest BCUT2D eigenvalue weighted by Gasteiger charge is 2.21. The lowest BCUT2D eigenvalue weighted by atomic mass is 10.4. The quantitative estimate of drug-likeness (QED) is 0.560. The number of hydrogen-bond acceptors (Lipinski definition) is 8. The minimum Gasteiger partial charge on any atom is -0.463 e. The van der Waals surface area contributed by atoms with Crippen LogP contribution >= 0.6 is 11.8 Å². The molecule has 94 valence electrons. The molecule has 1 aromatic rings. The zero-order valence-corrected chi connectivity index (χ0v) is 10.4. The zero-order chi connectivity index (χ0) is 12.1. The lowest BCUT2D eigenvalue weighted by molar-refractivity contribution is 0.0454. The summed E-state index contributed by atoms with van der Waals surface area (Å²) >= 11 is 1.54. The average Bonchev–Trinajstić information content (AvgIpc) is 2.31. The smallest absolute Gasteiger partial charge is 0.322 e. The van der Waals surface area contributed by atoms with Gasteiger partial charge in [-0.15, -0.1) is 0 Å². The number of nitrogens with zero attached hydrogens (tertiary/aromatic N) is 3. The molecule has 0 bridgehead atoms. The fraction of sp³-hybridized carbons (Fsp3) is 0.667. The van der Waals surface area contributed by atoms with Crippen molar-refractivity contribution >= 4 is 17.7 Å². The van der Waals surface area contributed by atoms with Crippen LogP contribution in [0.2, 0.25) is 0 Å². The van der Waals surface area contributed by atoms with Gasteiger partial charge < -0.3 is 9.47 Å². The van der Waals surface area contributed by atoms with Gasteiger partial charge in [0.25, 0.3) is 0 Å². The summed E-state index contributed by atoms with van der Waals surface area (Å²) in [6.45, 7) is 4.05. The van der Waals surface area contributed by atoms with Crippen LogP contribution in [-0.2, 0) is 4.74 Å². The number of hydrogen-bond donors (Lipinski definition) is 2. The molecule has 1 aliphatic heterocycles. The summed E-state index contributed by atoms with van der Waals surface area (Å²) in [6.07, 6.45) is 0.899. The number of ether oxygens (including phenoxy) is 2. The van der Waals surface area contributed by atoms with Gasteiger partial charge in [-0.2, -0.15) is 15.0 Å². The molecule has 3 N–H and O–H groups in total. The maximum atomic E-state index is 5.37. The topological polar surface area (TPSA) is 95.2 Å². The monoisotopic (exact) mass is 257 g/mol. The van der Waals surface area contributed by atoms with E-state index in [2.05, 4.69) is 20.4 Å². The van der Waals surface area contributed by atoms with E-state index in [0.717, 1.165) is 19.6 Å². The first kappa shape index (κ1) is 12.3. The number of thioether (sulfide) groups is 1. The minimum absolute atomic E-state index is 0.303. The molecule has 0 aromatic carbocycles. The Bertz CT molecular complexity index is 374. The molecule has 8 heteroatoms. The van der Waals surface area contributed by atoms with Crippen molar-refractivity contribution in [1.29, 1.82) is 0 Å². The Kier molecular flexibility index (Phi) is 4.35.